The lowest BCUT2D eigenvalue weighted by atomic mass is 10.0. The summed E-state index contributed by atoms with van der Waals surface area (Å²) in [5, 5.41) is 23.3. The SMILES string of the molecule is Cc1cc(Cl)cc(-c2ccnc3cc(CO)sc23)c1O[C@@H]1CNC[C@H]1O. The fourth-order valence-corrected chi connectivity index (χ4v) is 4.55. The molecule has 4 rings (SSSR count). The smallest absolute Gasteiger partial charge is 0.138 e. The summed E-state index contributed by atoms with van der Waals surface area (Å²) in [6.45, 7) is 3.06. The van der Waals surface area contributed by atoms with Gasteiger partial charge < -0.3 is 20.3 Å². The Labute approximate surface area is 160 Å². The van der Waals surface area contributed by atoms with Crippen LogP contribution in [0.25, 0.3) is 21.3 Å². The number of nitrogens with zero attached hydrogens (tertiary/aromatic N) is 1. The van der Waals surface area contributed by atoms with E-state index >= 15 is 0 Å². The number of fused-ring (bicyclic) bond motifs is 1. The predicted molar refractivity (Wildman–Crippen MR) is 104 cm³/mol. The monoisotopic (exact) mass is 390 g/mol. The van der Waals surface area contributed by atoms with Gasteiger partial charge in [0.15, 0.2) is 0 Å². The summed E-state index contributed by atoms with van der Waals surface area (Å²) in [6.07, 6.45) is 0.901. The Balaban J connectivity index is 1.87. The highest BCUT2D eigenvalue weighted by Crippen LogP contribution is 2.41. The lowest BCUT2D eigenvalue weighted by Crippen LogP contribution is -2.30. The van der Waals surface area contributed by atoms with Crippen molar-refractivity contribution in [2.24, 2.45) is 0 Å². The number of aromatic nitrogens is 1. The predicted octanol–water partition coefficient (Wildman–Crippen LogP) is 3.13. The van der Waals surface area contributed by atoms with E-state index in [4.69, 9.17) is 16.3 Å². The van der Waals surface area contributed by atoms with Gasteiger partial charge >= 0.3 is 0 Å². The molecule has 1 aliphatic heterocycles. The number of ether oxygens (including phenoxy) is 1. The van der Waals surface area contributed by atoms with E-state index in [-0.39, 0.29) is 12.7 Å². The number of hydrogen-bond acceptors (Lipinski definition) is 6. The van der Waals surface area contributed by atoms with Crippen LogP contribution in [0.1, 0.15) is 10.4 Å². The first-order valence-electron chi connectivity index (χ1n) is 8.41. The number of pyridine rings is 1. The van der Waals surface area contributed by atoms with Gasteiger partial charge in [0.25, 0.3) is 0 Å². The van der Waals surface area contributed by atoms with E-state index in [1.165, 1.54) is 11.3 Å². The minimum Gasteiger partial charge on any atom is -0.485 e. The van der Waals surface area contributed by atoms with Gasteiger partial charge in [-0.05, 0) is 36.8 Å². The summed E-state index contributed by atoms with van der Waals surface area (Å²) in [7, 11) is 0. The molecule has 1 aromatic carbocycles. The molecule has 2 aromatic heterocycles. The largest absolute Gasteiger partial charge is 0.485 e. The molecule has 1 aliphatic rings. The second-order valence-corrected chi connectivity index (χ2v) is 8.00. The number of aryl methyl sites for hydroxylation is 1. The number of hydrogen-bond donors (Lipinski definition) is 3. The average molecular weight is 391 g/mol. The summed E-state index contributed by atoms with van der Waals surface area (Å²) in [5.41, 5.74) is 3.58. The van der Waals surface area contributed by atoms with Gasteiger partial charge in [0.05, 0.1) is 16.8 Å². The van der Waals surface area contributed by atoms with Gasteiger partial charge in [-0.2, -0.15) is 0 Å². The molecule has 0 radical (unpaired) electrons. The molecule has 2 atom stereocenters. The van der Waals surface area contributed by atoms with Crippen LogP contribution in [0.2, 0.25) is 5.02 Å². The number of β-amino-alcohol motifs (C(OH)–C–C–N with tert-alkyl or cyclic N) is 1. The van der Waals surface area contributed by atoms with Gasteiger partial charge in [-0.15, -0.1) is 11.3 Å². The molecule has 0 amide bonds. The lowest BCUT2D eigenvalue weighted by Gasteiger charge is -2.21. The first-order valence-corrected chi connectivity index (χ1v) is 9.60. The van der Waals surface area contributed by atoms with Crippen LogP contribution in [0, 0.1) is 6.92 Å². The molecular formula is C19H19ClN2O3S. The highest BCUT2D eigenvalue weighted by Gasteiger charge is 2.28. The Bertz CT molecular complexity index is 959. The van der Waals surface area contributed by atoms with E-state index in [0.29, 0.717) is 23.9 Å². The first kappa shape index (κ1) is 17.7. The molecule has 0 saturated carbocycles. The number of benzene rings is 1. The average Bonchev–Trinajstić information content (AvgIpc) is 3.22. The third kappa shape index (κ3) is 3.19. The summed E-state index contributed by atoms with van der Waals surface area (Å²) in [6, 6.07) is 7.57. The summed E-state index contributed by atoms with van der Waals surface area (Å²) in [4.78, 5) is 5.26. The summed E-state index contributed by atoms with van der Waals surface area (Å²) < 4.78 is 7.18. The summed E-state index contributed by atoms with van der Waals surface area (Å²) in [5.74, 6) is 0.716. The Morgan fingerprint density at radius 1 is 1.31 bits per heavy atom. The second-order valence-electron chi connectivity index (χ2n) is 6.42. The van der Waals surface area contributed by atoms with Crippen molar-refractivity contribution >= 4 is 33.2 Å². The van der Waals surface area contributed by atoms with Crippen LogP contribution in [0.15, 0.2) is 30.5 Å². The fourth-order valence-electron chi connectivity index (χ4n) is 3.28. The van der Waals surface area contributed by atoms with E-state index in [2.05, 4.69) is 10.3 Å². The van der Waals surface area contributed by atoms with Crippen molar-refractivity contribution in [2.45, 2.75) is 25.7 Å². The molecule has 0 unspecified atom stereocenters. The highest BCUT2D eigenvalue weighted by molar-refractivity contribution is 7.19. The lowest BCUT2D eigenvalue weighted by molar-refractivity contribution is 0.0737. The van der Waals surface area contributed by atoms with E-state index in [9.17, 15) is 10.2 Å². The van der Waals surface area contributed by atoms with Gasteiger partial charge in [0.1, 0.15) is 18.0 Å². The van der Waals surface area contributed by atoms with Crippen molar-refractivity contribution in [2.75, 3.05) is 13.1 Å². The molecule has 1 fully saturated rings. The zero-order chi connectivity index (χ0) is 18.3. The van der Waals surface area contributed by atoms with Crippen molar-refractivity contribution in [1.82, 2.24) is 10.3 Å². The molecule has 5 nitrogen and oxygen atoms in total. The van der Waals surface area contributed by atoms with Crippen molar-refractivity contribution in [3.63, 3.8) is 0 Å². The van der Waals surface area contributed by atoms with Crippen LogP contribution in [0.4, 0.5) is 0 Å². The standard InChI is InChI=1S/C19H19ClN2O3S/c1-10-4-11(20)5-14(18(10)25-17-8-21-7-16(17)24)13-2-3-22-15-6-12(9-23)26-19(13)15/h2-6,16-17,21,23-24H,7-9H2,1H3/t16-,17-/m1/s1. The fraction of sp³-hybridized carbons (Fsp3) is 0.316. The van der Waals surface area contributed by atoms with Crippen LogP contribution in [-0.4, -0.2) is 40.5 Å². The second kappa shape index (κ2) is 7.13. The Hall–Kier alpha value is -1.70. The zero-order valence-corrected chi connectivity index (χ0v) is 15.8. The molecule has 26 heavy (non-hydrogen) atoms. The number of thiophene rings is 1. The first-order chi connectivity index (χ1) is 12.6. The minimum absolute atomic E-state index is 0.0155. The zero-order valence-electron chi connectivity index (χ0n) is 14.2. The molecule has 0 aliphatic carbocycles. The van der Waals surface area contributed by atoms with Crippen molar-refractivity contribution < 1.29 is 14.9 Å². The van der Waals surface area contributed by atoms with Gasteiger partial charge in [-0.1, -0.05) is 11.6 Å². The Kier molecular flexibility index (Phi) is 4.86. The minimum atomic E-state index is -0.543. The molecule has 136 valence electrons. The van der Waals surface area contributed by atoms with Gasteiger partial charge in [-0.3, -0.25) is 4.98 Å². The number of aliphatic hydroxyl groups is 2. The Morgan fingerprint density at radius 3 is 2.88 bits per heavy atom. The number of aliphatic hydroxyl groups excluding tert-OH is 2. The van der Waals surface area contributed by atoms with Crippen LogP contribution in [-0.2, 0) is 6.61 Å². The van der Waals surface area contributed by atoms with Crippen LogP contribution < -0.4 is 10.1 Å². The van der Waals surface area contributed by atoms with Gasteiger partial charge in [0.2, 0.25) is 0 Å². The number of halogens is 1. The Morgan fingerprint density at radius 2 is 2.15 bits per heavy atom. The van der Waals surface area contributed by atoms with Gasteiger partial charge in [-0.25, -0.2) is 0 Å². The van der Waals surface area contributed by atoms with E-state index in [0.717, 1.165) is 31.8 Å². The normalized spacial score (nSPS) is 20.0. The van der Waals surface area contributed by atoms with Gasteiger partial charge in [0, 0.05) is 40.3 Å². The van der Waals surface area contributed by atoms with Crippen LogP contribution >= 0.6 is 22.9 Å². The van der Waals surface area contributed by atoms with E-state index in [1.807, 2.05) is 31.2 Å². The molecule has 3 N–H and O–H groups in total. The molecule has 0 spiro atoms. The third-order valence-corrected chi connectivity index (χ3v) is 5.91. The van der Waals surface area contributed by atoms with Crippen molar-refractivity contribution in [3.05, 3.63) is 45.9 Å². The van der Waals surface area contributed by atoms with E-state index in [1.54, 1.807) is 6.20 Å². The number of rotatable bonds is 4. The molecule has 3 heterocycles. The number of nitrogens with one attached hydrogen (secondary N) is 1. The third-order valence-electron chi connectivity index (χ3n) is 4.55. The van der Waals surface area contributed by atoms with Crippen LogP contribution in [0.3, 0.4) is 0 Å². The molecule has 0 bridgehead atoms. The van der Waals surface area contributed by atoms with Crippen molar-refractivity contribution in [1.29, 1.82) is 0 Å². The summed E-state index contributed by atoms with van der Waals surface area (Å²) >= 11 is 7.84. The maximum Gasteiger partial charge on any atom is 0.138 e. The highest BCUT2D eigenvalue weighted by atomic mass is 35.5. The van der Waals surface area contributed by atoms with Crippen molar-refractivity contribution in [3.8, 4) is 16.9 Å². The maximum absolute atomic E-state index is 10.1. The van der Waals surface area contributed by atoms with Crippen LogP contribution in [0.5, 0.6) is 5.75 Å². The van der Waals surface area contributed by atoms with E-state index < -0.39 is 6.10 Å². The quantitative estimate of drug-likeness (QED) is 0.638. The molecule has 7 heteroatoms. The maximum atomic E-state index is 10.1. The molecular weight excluding hydrogens is 372 g/mol. The molecule has 1 saturated heterocycles. The topological polar surface area (TPSA) is 74.6 Å². The molecule has 3 aromatic rings.